The normalized spacial score (nSPS) is 22.6. The van der Waals surface area contributed by atoms with Crippen molar-refractivity contribution in [3.63, 3.8) is 0 Å². The lowest BCUT2D eigenvalue weighted by Gasteiger charge is -2.28. The second-order valence-corrected chi connectivity index (χ2v) is 3.88. The molecule has 0 radical (unpaired) electrons. The molecular weight excluding hydrogens is 196 g/mol. The zero-order chi connectivity index (χ0) is 9.97. The highest BCUT2D eigenvalue weighted by molar-refractivity contribution is 6.30. The summed E-state index contributed by atoms with van der Waals surface area (Å²) in [5, 5.41) is 0.607. The lowest BCUT2D eigenvalue weighted by Crippen LogP contribution is -2.26. The van der Waals surface area contributed by atoms with E-state index in [2.05, 4.69) is 29.1 Å². The van der Waals surface area contributed by atoms with Gasteiger partial charge in [0.1, 0.15) is 5.15 Å². The van der Waals surface area contributed by atoms with Crippen LogP contribution in [0.2, 0.25) is 5.15 Å². The van der Waals surface area contributed by atoms with E-state index < -0.39 is 0 Å². The minimum Gasteiger partial charge on any atom is -0.296 e. The molecule has 0 aromatic carbocycles. The van der Waals surface area contributed by atoms with Crippen molar-refractivity contribution in [1.82, 2.24) is 9.88 Å². The molecular formula is C11H13ClN2. The van der Waals surface area contributed by atoms with Crippen LogP contribution in [0.25, 0.3) is 0 Å². The summed E-state index contributed by atoms with van der Waals surface area (Å²) in [4.78, 5) is 6.37. The fourth-order valence-corrected chi connectivity index (χ4v) is 1.98. The topological polar surface area (TPSA) is 16.1 Å². The predicted molar refractivity (Wildman–Crippen MR) is 58.4 cm³/mol. The molecule has 74 valence electrons. The zero-order valence-electron chi connectivity index (χ0n) is 8.15. The van der Waals surface area contributed by atoms with Crippen molar-refractivity contribution in [2.45, 2.75) is 12.5 Å². The number of pyridine rings is 1. The lowest BCUT2D eigenvalue weighted by atomic mass is 10.0. The van der Waals surface area contributed by atoms with E-state index in [0.717, 1.165) is 18.5 Å². The number of hydrogen-bond donors (Lipinski definition) is 0. The van der Waals surface area contributed by atoms with Crippen LogP contribution in [-0.4, -0.2) is 23.5 Å². The number of rotatable bonds is 1. The van der Waals surface area contributed by atoms with Gasteiger partial charge < -0.3 is 0 Å². The summed E-state index contributed by atoms with van der Waals surface area (Å²) in [5.74, 6) is 0. The van der Waals surface area contributed by atoms with Crippen molar-refractivity contribution >= 4 is 11.6 Å². The average molecular weight is 209 g/mol. The van der Waals surface area contributed by atoms with Crippen LogP contribution in [0.5, 0.6) is 0 Å². The molecule has 0 N–H and O–H groups in total. The quantitative estimate of drug-likeness (QED) is 0.521. The summed E-state index contributed by atoms with van der Waals surface area (Å²) < 4.78 is 0. The first-order chi connectivity index (χ1) is 6.79. The van der Waals surface area contributed by atoms with Crippen LogP contribution >= 0.6 is 11.6 Å². The molecule has 0 spiro atoms. The minimum atomic E-state index is 0.282. The maximum atomic E-state index is 6.05. The predicted octanol–water partition coefficient (Wildman–Crippen LogP) is 2.67. The molecule has 0 amide bonds. The maximum Gasteiger partial charge on any atom is 0.134 e. The second-order valence-electron chi connectivity index (χ2n) is 3.53. The van der Waals surface area contributed by atoms with E-state index in [-0.39, 0.29) is 6.04 Å². The molecule has 2 nitrogen and oxygen atoms in total. The van der Waals surface area contributed by atoms with E-state index in [1.54, 1.807) is 6.20 Å². The van der Waals surface area contributed by atoms with Gasteiger partial charge in [0.05, 0.1) is 6.04 Å². The molecule has 1 unspecified atom stereocenters. The molecule has 0 bridgehead atoms. The number of hydrogen-bond acceptors (Lipinski definition) is 2. The summed E-state index contributed by atoms with van der Waals surface area (Å²) in [6.07, 6.45) is 7.23. The number of halogens is 1. The van der Waals surface area contributed by atoms with Crippen LogP contribution in [0, 0.1) is 0 Å². The second kappa shape index (κ2) is 4.11. The molecule has 0 saturated heterocycles. The Morgan fingerprint density at radius 3 is 3.14 bits per heavy atom. The molecule has 0 saturated carbocycles. The summed E-state index contributed by atoms with van der Waals surface area (Å²) in [7, 11) is 2.11. The largest absolute Gasteiger partial charge is 0.296 e. The van der Waals surface area contributed by atoms with Crippen LogP contribution in [0.1, 0.15) is 18.0 Å². The zero-order valence-corrected chi connectivity index (χ0v) is 8.91. The Hall–Kier alpha value is -0.860. The van der Waals surface area contributed by atoms with E-state index in [0.29, 0.717) is 5.15 Å². The van der Waals surface area contributed by atoms with Crippen molar-refractivity contribution in [2.24, 2.45) is 0 Å². The van der Waals surface area contributed by atoms with Gasteiger partial charge in [0, 0.05) is 18.3 Å². The monoisotopic (exact) mass is 208 g/mol. The summed E-state index contributed by atoms with van der Waals surface area (Å²) in [6.45, 7) is 1.08. The molecule has 1 aromatic heterocycles. The smallest absolute Gasteiger partial charge is 0.134 e. The average Bonchev–Trinajstić information content (AvgIpc) is 2.20. The van der Waals surface area contributed by atoms with Crippen LogP contribution in [0.4, 0.5) is 0 Å². The molecule has 2 heterocycles. The Morgan fingerprint density at radius 1 is 1.57 bits per heavy atom. The Kier molecular flexibility index (Phi) is 2.85. The van der Waals surface area contributed by atoms with Gasteiger partial charge in [0.15, 0.2) is 0 Å². The first-order valence-electron chi connectivity index (χ1n) is 4.76. The fraction of sp³-hybridized carbons (Fsp3) is 0.364. The summed E-state index contributed by atoms with van der Waals surface area (Å²) >= 11 is 6.05. The fourth-order valence-electron chi connectivity index (χ4n) is 1.75. The van der Waals surface area contributed by atoms with E-state index in [9.17, 15) is 0 Å². The van der Waals surface area contributed by atoms with Crippen molar-refractivity contribution in [3.05, 3.63) is 41.2 Å². The van der Waals surface area contributed by atoms with Crippen molar-refractivity contribution < 1.29 is 0 Å². The SMILES string of the molecule is CN1CCC=CC1c1cccnc1Cl. The Morgan fingerprint density at radius 2 is 2.43 bits per heavy atom. The highest BCUT2D eigenvalue weighted by Gasteiger charge is 2.18. The lowest BCUT2D eigenvalue weighted by molar-refractivity contribution is 0.279. The molecule has 14 heavy (non-hydrogen) atoms. The Balaban J connectivity index is 2.34. The summed E-state index contributed by atoms with van der Waals surface area (Å²) in [6, 6.07) is 4.24. The van der Waals surface area contributed by atoms with Gasteiger partial charge in [-0.15, -0.1) is 0 Å². The molecule has 3 heteroatoms. The highest BCUT2D eigenvalue weighted by Crippen LogP contribution is 2.28. The number of aromatic nitrogens is 1. The van der Waals surface area contributed by atoms with E-state index in [4.69, 9.17) is 11.6 Å². The number of nitrogens with zero attached hydrogens (tertiary/aromatic N) is 2. The van der Waals surface area contributed by atoms with Gasteiger partial charge >= 0.3 is 0 Å². The third-order valence-corrected chi connectivity index (χ3v) is 2.86. The molecule has 1 atom stereocenters. The van der Waals surface area contributed by atoms with E-state index >= 15 is 0 Å². The minimum absolute atomic E-state index is 0.282. The van der Waals surface area contributed by atoms with E-state index in [1.807, 2.05) is 12.1 Å². The maximum absolute atomic E-state index is 6.05. The Bertz CT molecular complexity index is 349. The molecule has 1 aromatic rings. The summed E-state index contributed by atoms with van der Waals surface area (Å²) in [5.41, 5.74) is 1.09. The van der Waals surface area contributed by atoms with Crippen LogP contribution in [0.3, 0.4) is 0 Å². The third kappa shape index (κ3) is 1.81. The first-order valence-corrected chi connectivity index (χ1v) is 5.14. The molecule has 1 aliphatic rings. The van der Waals surface area contributed by atoms with E-state index in [1.165, 1.54) is 0 Å². The Labute approximate surface area is 89.2 Å². The van der Waals surface area contributed by atoms with Crippen LogP contribution in [-0.2, 0) is 0 Å². The van der Waals surface area contributed by atoms with Gasteiger partial charge in [-0.3, -0.25) is 4.90 Å². The van der Waals surface area contributed by atoms with Gasteiger partial charge in [-0.1, -0.05) is 29.8 Å². The van der Waals surface area contributed by atoms with Crippen molar-refractivity contribution in [2.75, 3.05) is 13.6 Å². The van der Waals surface area contributed by atoms with Gasteiger partial charge in [0.2, 0.25) is 0 Å². The molecule has 1 aliphatic heterocycles. The molecule has 0 aliphatic carbocycles. The van der Waals surface area contributed by atoms with Crippen molar-refractivity contribution in [3.8, 4) is 0 Å². The molecule has 2 rings (SSSR count). The molecule has 0 fully saturated rings. The first kappa shape index (κ1) is 9.69. The van der Waals surface area contributed by atoms with Gasteiger partial charge in [-0.2, -0.15) is 0 Å². The highest BCUT2D eigenvalue weighted by atomic mass is 35.5. The van der Waals surface area contributed by atoms with Crippen molar-refractivity contribution in [1.29, 1.82) is 0 Å². The standard InChI is InChI=1S/C11H13ClN2/c1-14-8-3-2-6-10(14)9-5-4-7-13-11(9)12/h2,4-7,10H,3,8H2,1H3. The van der Waals surface area contributed by atoms with Gasteiger partial charge in [0.25, 0.3) is 0 Å². The van der Waals surface area contributed by atoms with Gasteiger partial charge in [-0.25, -0.2) is 4.98 Å². The number of likely N-dealkylation sites (N-methyl/N-ethyl adjacent to an activating group) is 1. The van der Waals surface area contributed by atoms with Crippen LogP contribution < -0.4 is 0 Å². The van der Waals surface area contributed by atoms with Gasteiger partial charge in [-0.05, 0) is 19.5 Å². The van der Waals surface area contributed by atoms with Crippen LogP contribution in [0.15, 0.2) is 30.5 Å². The third-order valence-electron chi connectivity index (χ3n) is 2.55.